The van der Waals surface area contributed by atoms with Crippen LogP contribution < -0.4 is 5.73 Å². The topological polar surface area (TPSA) is 43.8 Å². The van der Waals surface area contributed by atoms with Crippen LogP contribution >= 0.6 is 0 Å². The number of aromatic nitrogens is 2. The second-order valence-electron chi connectivity index (χ2n) is 5.09. The monoisotopic (exact) mass is 221 g/mol. The second-order valence-corrected chi connectivity index (χ2v) is 5.09. The number of rotatable bonds is 3. The lowest BCUT2D eigenvalue weighted by Gasteiger charge is -2.08. The maximum Gasteiger partial charge on any atom is 0.126 e. The Morgan fingerprint density at radius 1 is 1.44 bits per heavy atom. The molecule has 0 amide bonds. The van der Waals surface area contributed by atoms with Gasteiger partial charge in [0, 0.05) is 18.9 Å². The van der Waals surface area contributed by atoms with E-state index < -0.39 is 0 Å². The lowest BCUT2D eigenvalue weighted by molar-refractivity contribution is 0.630. The molecule has 3 heteroatoms. The van der Waals surface area contributed by atoms with Crippen LogP contribution in [0.3, 0.4) is 0 Å². The van der Waals surface area contributed by atoms with E-state index in [9.17, 15) is 0 Å². The van der Waals surface area contributed by atoms with Crippen molar-refractivity contribution in [1.82, 2.24) is 9.55 Å². The highest BCUT2D eigenvalue weighted by Gasteiger charge is 2.25. The molecule has 1 unspecified atom stereocenters. The van der Waals surface area contributed by atoms with Crippen LogP contribution in [0, 0.1) is 0 Å². The van der Waals surface area contributed by atoms with Gasteiger partial charge in [0.2, 0.25) is 0 Å². The number of imidazole rings is 1. The van der Waals surface area contributed by atoms with E-state index in [1.807, 2.05) is 0 Å². The fourth-order valence-corrected chi connectivity index (χ4v) is 2.66. The molecule has 0 radical (unpaired) electrons. The molecule has 1 saturated carbocycles. The number of hydrogen-bond acceptors (Lipinski definition) is 2. The molecule has 0 spiro atoms. The van der Waals surface area contributed by atoms with Crippen molar-refractivity contribution < 1.29 is 0 Å². The maximum absolute atomic E-state index is 6.15. The van der Waals surface area contributed by atoms with Gasteiger partial charge in [-0.15, -0.1) is 0 Å². The minimum Gasteiger partial charge on any atom is -0.384 e. The zero-order chi connectivity index (χ0) is 11.7. The normalized spacial score (nSPS) is 19.2. The molecule has 3 nitrogen and oxygen atoms in total. The molecule has 0 aromatic carbocycles. The minimum absolute atomic E-state index is 0.473. The van der Waals surface area contributed by atoms with E-state index in [1.165, 1.54) is 31.5 Å². The van der Waals surface area contributed by atoms with E-state index in [4.69, 9.17) is 10.7 Å². The van der Waals surface area contributed by atoms with Crippen molar-refractivity contribution >= 4 is 5.82 Å². The molecule has 1 aliphatic carbocycles. The van der Waals surface area contributed by atoms with Crippen LogP contribution in [-0.4, -0.2) is 9.55 Å². The highest BCUT2D eigenvalue weighted by atomic mass is 15.1. The minimum atomic E-state index is 0.473. The lowest BCUT2D eigenvalue weighted by Crippen LogP contribution is -2.05. The first-order valence-electron chi connectivity index (χ1n) is 6.47. The molecule has 0 aliphatic heterocycles. The van der Waals surface area contributed by atoms with E-state index in [-0.39, 0.29) is 0 Å². The van der Waals surface area contributed by atoms with Gasteiger partial charge in [-0.25, -0.2) is 4.98 Å². The summed E-state index contributed by atoms with van der Waals surface area (Å²) >= 11 is 0. The molecule has 90 valence electrons. The Morgan fingerprint density at radius 3 is 2.62 bits per heavy atom. The molecule has 0 saturated heterocycles. The number of nitrogen functional groups attached to an aromatic ring is 1. The SMILES string of the molecule is CCC(C)c1nc(C2CCCC2)n(C)c1N. The smallest absolute Gasteiger partial charge is 0.126 e. The van der Waals surface area contributed by atoms with Crippen molar-refractivity contribution in [3.63, 3.8) is 0 Å². The first kappa shape index (κ1) is 11.5. The van der Waals surface area contributed by atoms with Gasteiger partial charge in [-0.2, -0.15) is 0 Å². The average Bonchev–Trinajstić information content (AvgIpc) is 2.89. The molecular weight excluding hydrogens is 198 g/mol. The lowest BCUT2D eigenvalue weighted by atomic mass is 10.1. The molecule has 1 fully saturated rings. The molecule has 1 atom stereocenters. The molecule has 2 N–H and O–H groups in total. The summed E-state index contributed by atoms with van der Waals surface area (Å²) in [7, 11) is 2.06. The van der Waals surface area contributed by atoms with Gasteiger partial charge in [0.15, 0.2) is 0 Å². The fourth-order valence-electron chi connectivity index (χ4n) is 2.66. The van der Waals surface area contributed by atoms with Crippen molar-refractivity contribution in [3.8, 4) is 0 Å². The summed E-state index contributed by atoms with van der Waals surface area (Å²) in [5.41, 5.74) is 7.25. The molecule has 16 heavy (non-hydrogen) atoms. The van der Waals surface area contributed by atoms with Gasteiger partial charge in [0.05, 0.1) is 5.69 Å². The summed E-state index contributed by atoms with van der Waals surface area (Å²) in [5, 5.41) is 0. The van der Waals surface area contributed by atoms with Crippen molar-refractivity contribution in [1.29, 1.82) is 0 Å². The second kappa shape index (κ2) is 4.48. The van der Waals surface area contributed by atoms with E-state index in [0.29, 0.717) is 11.8 Å². The molecule has 1 aliphatic rings. The molecule has 0 bridgehead atoms. The highest BCUT2D eigenvalue weighted by molar-refractivity contribution is 5.40. The number of nitrogens with zero attached hydrogens (tertiary/aromatic N) is 2. The van der Waals surface area contributed by atoms with Crippen molar-refractivity contribution in [2.24, 2.45) is 7.05 Å². The van der Waals surface area contributed by atoms with Crippen LogP contribution in [0.1, 0.15) is 69.3 Å². The number of hydrogen-bond donors (Lipinski definition) is 1. The van der Waals surface area contributed by atoms with Crippen LogP contribution in [0.5, 0.6) is 0 Å². The van der Waals surface area contributed by atoms with Crippen LogP contribution in [0.15, 0.2) is 0 Å². The predicted octanol–water partition coefficient (Wildman–Crippen LogP) is 3.17. The van der Waals surface area contributed by atoms with E-state index in [0.717, 1.165) is 17.9 Å². The van der Waals surface area contributed by atoms with Gasteiger partial charge in [-0.05, 0) is 19.3 Å². The van der Waals surface area contributed by atoms with Gasteiger partial charge in [0.1, 0.15) is 11.6 Å². The van der Waals surface area contributed by atoms with E-state index in [1.54, 1.807) is 0 Å². The van der Waals surface area contributed by atoms with Crippen molar-refractivity contribution in [3.05, 3.63) is 11.5 Å². The standard InChI is InChI=1S/C13H23N3/c1-4-9(2)11-12(14)16(3)13(15-11)10-7-5-6-8-10/h9-10H,4-8,14H2,1-3H3. The number of nitrogens with two attached hydrogens (primary N) is 1. The summed E-state index contributed by atoms with van der Waals surface area (Å²) in [4.78, 5) is 4.80. The van der Waals surface area contributed by atoms with E-state index >= 15 is 0 Å². The summed E-state index contributed by atoms with van der Waals surface area (Å²) in [5.74, 6) is 3.20. The maximum atomic E-state index is 6.15. The largest absolute Gasteiger partial charge is 0.384 e. The van der Waals surface area contributed by atoms with Gasteiger partial charge < -0.3 is 10.3 Å². The summed E-state index contributed by atoms with van der Waals surface area (Å²) in [6.45, 7) is 4.39. The van der Waals surface area contributed by atoms with Crippen LogP contribution in [0.2, 0.25) is 0 Å². The van der Waals surface area contributed by atoms with Crippen molar-refractivity contribution in [2.75, 3.05) is 5.73 Å². The quantitative estimate of drug-likeness (QED) is 0.852. The molecule has 2 rings (SSSR count). The third-order valence-corrected chi connectivity index (χ3v) is 4.00. The Balaban J connectivity index is 2.32. The fraction of sp³-hybridized carbons (Fsp3) is 0.769. The zero-order valence-corrected chi connectivity index (χ0v) is 10.7. The van der Waals surface area contributed by atoms with Crippen LogP contribution in [0.25, 0.3) is 0 Å². The zero-order valence-electron chi connectivity index (χ0n) is 10.7. The molecular formula is C13H23N3. The summed E-state index contributed by atoms with van der Waals surface area (Å²) < 4.78 is 2.11. The van der Waals surface area contributed by atoms with Gasteiger partial charge in [0.25, 0.3) is 0 Å². The average molecular weight is 221 g/mol. The van der Waals surface area contributed by atoms with Gasteiger partial charge in [-0.1, -0.05) is 26.7 Å². The Bertz CT molecular complexity index is 361. The van der Waals surface area contributed by atoms with E-state index in [2.05, 4.69) is 25.5 Å². The first-order valence-corrected chi connectivity index (χ1v) is 6.47. The van der Waals surface area contributed by atoms with Crippen LogP contribution in [0.4, 0.5) is 5.82 Å². The number of anilines is 1. The third kappa shape index (κ3) is 1.83. The first-order chi connectivity index (χ1) is 7.65. The summed E-state index contributed by atoms with van der Waals surface area (Å²) in [6, 6.07) is 0. The molecule has 1 aromatic heterocycles. The molecule has 1 aromatic rings. The Labute approximate surface area is 98.1 Å². The highest BCUT2D eigenvalue weighted by Crippen LogP contribution is 2.36. The molecule has 1 heterocycles. The van der Waals surface area contributed by atoms with Crippen LogP contribution in [-0.2, 0) is 7.05 Å². The predicted molar refractivity (Wildman–Crippen MR) is 67.5 cm³/mol. The van der Waals surface area contributed by atoms with Gasteiger partial charge >= 0.3 is 0 Å². The van der Waals surface area contributed by atoms with Crippen molar-refractivity contribution in [2.45, 2.75) is 57.8 Å². The summed E-state index contributed by atoms with van der Waals surface area (Å²) in [6.07, 6.45) is 6.35. The third-order valence-electron chi connectivity index (χ3n) is 4.00. The Kier molecular flexibility index (Phi) is 3.22. The Hall–Kier alpha value is -0.990. The van der Waals surface area contributed by atoms with Gasteiger partial charge in [-0.3, -0.25) is 0 Å². The Morgan fingerprint density at radius 2 is 2.06 bits per heavy atom.